The van der Waals surface area contributed by atoms with Crippen LogP contribution < -0.4 is 10.6 Å². The van der Waals surface area contributed by atoms with E-state index in [-0.39, 0.29) is 24.4 Å². The minimum atomic E-state index is -0.0754. The Kier molecular flexibility index (Phi) is 7.51. The lowest BCUT2D eigenvalue weighted by atomic mass is 10.0. The van der Waals surface area contributed by atoms with E-state index in [0.29, 0.717) is 0 Å². The van der Waals surface area contributed by atoms with E-state index in [0.717, 1.165) is 34.0 Å². The summed E-state index contributed by atoms with van der Waals surface area (Å²) >= 11 is 1.62. The van der Waals surface area contributed by atoms with Gasteiger partial charge in [-0.25, -0.2) is 4.98 Å². The molecule has 0 radical (unpaired) electrons. The van der Waals surface area contributed by atoms with Gasteiger partial charge in [-0.05, 0) is 45.5 Å². The highest BCUT2D eigenvalue weighted by Crippen LogP contribution is 2.20. The molecule has 120 valence electrons. The number of nitrogens with zero attached hydrogens (tertiary/aromatic N) is 1. The fourth-order valence-electron chi connectivity index (χ4n) is 2.13. The lowest BCUT2D eigenvalue weighted by Crippen LogP contribution is -2.28. The van der Waals surface area contributed by atoms with E-state index in [4.69, 9.17) is 0 Å². The van der Waals surface area contributed by atoms with Crippen molar-refractivity contribution in [1.82, 2.24) is 15.6 Å². The molecule has 6 heteroatoms. The molecule has 0 aliphatic heterocycles. The fourth-order valence-corrected chi connectivity index (χ4v) is 2.90. The lowest BCUT2D eigenvalue weighted by Gasteiger charge is -2.14. The van der Waals surface area contributed by atoms with E-state index >= 15 is 0 Å². The number of rotatable bonds is 6. The topological polar surface area (TPSA) is 54.0 Å². The van der Waals surface area contributed by atoms with Crippen LogP contribution in [0.2, 0.25) is 0 Å². The number of benzene rings is 1. The minimum absolute atomic E-state index is 0. The molecule has 1 unspecified atom stereocenters. The Labute approximate surface area is 141 Å². The van der Waals surface area contributed by atoms with Gasteiger partial charge in [0.1, 0.15) is 5.01 Å². The summed E-state index contributed by atoms with van der Waals surface area (Å²) < 4.78 is 0. The maximum Gasteiger partial charge on any atom is 0.252 e. The molecule has 1 amide bonds. The zero-order chi connectivity index (χ0) is 15.2. The summed E-state index contributed by atoms with van der Waals surface area (Å²) in [7, 11) is 1.91. The Morgan fingerprint density at radius 2 is 2.09 bits per heavy atom. The van der Waals surface area contributed by atoms with Crippen molar-refractivity contribution in [3.05, 3.63) is 51.5 Å². The fraction of sp³-hybridized carbons (Fsp3) is 0.375. The number of aromatic nitrogens is 1. The molecule has 1 aromatic heterocycles. The predicted molar refractivity (Wildman–Crippen MR) is 94.1 cm³/mol. The maximum atomic E-state index is 12.5. The molecular weight excluding hydrogens is 318 g/mol. The molecule has 2 rings (SSSR count). The van der Waals surface area contributed by atoms with Gasteiger partial charge in [-0.1, -0.05) is 18.2 Å². The first-order chi connectivity index (χ1) is 10.1. The Morgan fingerprint density at radius 1 is 1.36 bits per heavy atom. The van der Waals surface area contributed by atoms with Crippen molar-refractivity contribution < 1.29 is 4.79 Å². The van der Waals surface area contributed by atoms with Gasteiger partial charge in [-0.3, -0.25) is 4.79 Å². The van der Waals surface area contributed by atoms with Crippen LogP contribution in [0, 0.1) is 6.92 Å². The van der Waals surface area contributed by atoms with Crippen LogP contribution in [-0.2, 0) is 6.42 Å². The number of carbonyl (C=O) groups is 1. The molecule has 2 aromatic rings. The van der Waals surface area contributed by atoms with Crippen molar-refractivity contribution in [2.24, 2.45) is 0 Å². The van der Waals surface area contributed by atoms with Gasteiger partial charge in [0.2, 0.25) is 0 Å². The van der Waals surface area contributed by atoms with Gasteiger partial charge in [0.25, 0.3) is 5.91 Å². The summed E-state index contributed by atoms with van der Waals surface area (Å²) in [5.41, 5.74) is 1.81. The van der Waals surface area contributed by atoms with Crippen LogP contribution in [0.3, 0.4) is 0 Å². The van der Waals surface area contributed by atoms with Crippen LogP contribution in [0.25, 0.3) is 0 Å². The van der Waals surface area contributed by atoms with Crippen LogP contribution in [0.15, 0.2) is 30.5 Å². The average Bonchev–Trinajstić information content (AvgIpc) is 2.92. The van der Waals surface area contributed by atoms with Gasteiger partial charge >= 0.3 is 0 Å². The quantitative estimate of drug-likeness (QED) is 0.850. The van der Waals surface area contributed by atoms with E-state index in [1.54, 1.807) is 11.3 Å². The second-order valence-corrected chi connectivity index (χ2v) is 6.28. The van der Waals surface area contributed by atoms with Gasteiger partial charge in [-0.2, -0.15) is 0 Å². The Bertz CT molecular complexity index is 615. The molecule has 4 nitrogen and oxygen atoms in total. The van der Waals surface area contributed by atoms with Crippen LogP contribution in [0.5, 0.6) is 0 Å². The zero-order valence-electron chi connectivity index (χ0n) is 13.1. The molecule has 0 spiro atoms. The second-order valence-electron chi connectivity index (χ2n) is 5.01. The molecule has 2 N–H and O–H groups in total. The van der Waals surface area contributed by atoms with Gasteiger partial charge in [0.15, 0.2) is 0 Å². The van der Waals surface area contributed by atoms with Gasteiger partial charge in [0.05, 0.1) is 6.04 Å². The number of hydrogen-bond acceptors (Lipinski definition) is 4. The van der Waals surface area contributed by atoms with Crippen molar-refractivity contribution in [2.45, 2.75) is 26.3 Å². The Hall–Kier alpha value is -1.43. The molecule has 0 bridgehead atoms. The smallest absolute Gasteiger partial charge is 0.252 e. The molecule has 1 aromatic carbocycles. The molecule has 0 aliphatic rings. The van der Waals surface area contributed by atoms with Crippen LogP contribution in [0.1, 0.15) is 38.8 Å². The molecule has 0 fully saturated rings. The normalized spacial score (nSPS) is 11.6. The maximum absolute atomic E-state index is 12.5. The summed E-state index contributed by atoms with van der Waals surface area (Å²) in [6.45, 7) is 4.83. The third-order valence-corrected chi connectivity index (χ3v) is 4.36. The molecular formula is C16H22ClN3OS. The van der Waals surface area contributed by atoms with Crippen molar-refractivity contribution >= 4 is 29.7 Å². The van der Waals surface area contributed by atoms with E-state index < -0.39 is 0 Å². The average molecular weight is 340 g/mol. The summed E-state index contributed by atoms with van der Waals surface area (Å²) in [4.78, 5) is 17.9. The Balaban J connectivity index is 0.00000242. The number of likely N-dealkylation sites (N-methyl/N-ethyl adjacent to an activating group) is 1. The first-order valence-electron chi connectivity index (χ1n) is 7.07. The van der Waals surface area contributed by atoms with E-state index in [1.807, 2.05) is 51.4 Å². The van der Waals surface area contributed by atoms with E-state index in [2.05, 4.69) is 15.6 Å². The highest BCUT2D eigenvalue weighted by molar-refractivity contribution is 7.11. The first-order valence-corrected chi connectivity index (χ1v) is 7.89. The second kappa shape index (κ2) is 8.88. The van der Waals surface area contributed by atoms with Crippen molar-refractivity contribution in [1.29, 1.82) is 0 Å². The predicted octanol–water partition coefficient (Wildman–Crippen LogP) is 3.13. The van der Waals surface area contributed by atoms with Gasteiger partial charge in [-0.15, -0.1) is 23.7 Å². The summed E-state index contributed by atoms with van der Waals surface area (Å²) in [6.07, 6.45) is 2.67. The summed E-state index contributed by atoms with van der Waals surface area (Å²) in [5.74, 6) is -0.0398. The molecule has 1 atom stereocenters. The zero-order valence-corrected chi connectivity index (χ0v) is 14.7. The van der Waals surface area contributed by atoms with Crippen LogP contribution >= 0.6 is 23.7 Å². The number of thiazole rings is 1. The third kappa shape index (κ3) is 4.80. The number of carbonyl (C=O) groups excluding carboxylic acids is 1. The van der Waals surface area contributed by atoms with Crippen molar-refractivity contribution in [3.8, 4) is 0 Å². The first kappa shape index (κ1) is 18.6. The standard InChI is InChI=1S/C16H21N3OS.ClH/c1-11-10-18-16(21-11)12(2)19-15(20)14-7-5-4-6-13(14)8-9-17-3;/h4-7,10,12,17H,8-9H2,1-3H3,(H,19,20);1H. The number of nitrogens with one attached hydrogen (secondary N) is 2. The van der Waals surface area contributed by atoms with E-state index in [1.165, 1.54) is 0 Å². The minimum Gasteiger partial charge on any atom is -0.343 e. The number of hydrogen-bond donors (Lipinski definition) is 2. The SMILES string of the molecule is CNCCc1ccccc1C(=O)NC(C)c1ncc(C)s1.Cl. The van der Waals surface area contributed by atoms with Crippen molar-refractivity contribution in [3.63, 3.8) is 0 Å². The monoisotopic (exact) mass is 339 g/mol. The molecule has 22 heavy (non-hydrogen) atoms. The lowest BCUT2D eigenvalue weighted by molar-refractivity contribution is 0.0939. The van der Waals surface area contributed by atoms with Crippen molar-refractivity contribution in [2.75, 3.05) is 13.6 Å². The highest BCUT2D eigenvalue weighted by atomic mass is 35.5. The largest absolute Gasteiger partial charge is 0.343 e. The summed E-state index contributed by atoms with van der Waals surface area (Å²) in [6, 6.07) is 7.67. The van der Waals surface area contributed by atoms with Crippen LogP contribution in [-0.4, -0.2) is 24.5 Å². The third-order valence-electron chi connectivity index (χ3n) is 3.26. The van der Waals surface area contributed by atoms with E-state index in [9.17, 15) is 4.79 Å². The van der Waals surface area contributed by atoms with Crippen LogP contribution in [0.4, 0.5) is 0 Å². The number of halogens is 1. The summed E-state index contributed by atoms with van der Waals surface area (Å²) in [5, 5.41) is 7.08. The highest BCUT2D eigenvalue weighted by Gasteiger charge is 2.16. The number of aryl methyl sites for hydroxylation is 1. The Morgan fingerprint density at radius 3 is 2.73 bits per heavy atom. The molecule has 0 saturated heterocycles. The number of amides is 1. The van der Waals surface area contributed by atoms with Gasteiger partial charge in [0, 0.05) is 16.6 Å². The molecule has 1 heterocycles. The molecule has 0 saturated carbocycles. The van der Waals surface area contributed by atoms with Gasteiger partial charge < -0.3 is 10.6 Å². The molecule has 0 aliphatic carbocycles.